The van der Waals surface area contributed by atoms with Crippen LogP contribution in [0.4, 0.5) is 5.69 Å². The van der Waals surface area contributed by atoms with Crippen LogP contribution in [0.3, 0.4) is 0 Å². The number of para-hydroxylation sites is 2. The van der Waals surface area contributed by atoms with Gasteiger partial charge >= 0.3 is 0 Å². The zero-order valence-corrected chi connectivity index (χ0v) is 18.9. The molecule has 1 unspecified atom stereocenters. The summed E-state index contributed by atoms with van der Waals surface area (Å²) in [5.41, 5.74) is 10.9. The first-order valence-corrected chi connectivity index (χ1v) is 11.5. The Bertz CT molecular complexity index is 1340. The minimum atomic E-state index is -0.200. The van der Waals surface area contributed by atoms with Crippen molar-refractivity contribution in [3.63, 3.8) is 0 Å². The summed E-state index contributed by atoms with van der Waals surface area (Å²) in [5, 5.41) is 7.88. The van der Waals surface area contributed by atoms with Crippen molar-refractivity contribution in [1.29, 1.82) is 0 Å². The number of nitrogens with two attached hydrogens (primary N) is 1. The summed E-state index contributed by atoms with van der Waals surface area (Å²) in [6.45, 7) is 6.83. The van der Waals surface area contributed by atoms with E-state index in [0.717, 1.165) is 39.7 Å². The molecule has 4 aromatic rings. The summed E-state index contributed by atoms with van der Waals surface area (Å²) >= 11 is 0. The molecule has 1 fully saturated rings. The van der Waals surface area contributed by atoms with Crippen LogP contribution in [0.25, 0.3) is 33.3 Å². The standard InChI is InChI=1S/C25H30N6O2/c1-14(2)17(26)12-28-23-15-6-3-4-8-18(15)30-25(32)21(23)24-29-19-9-5-7-16(22(19)31-24)20-13-33-11-10-27-20/h3-9,14,17,20,27H,10-13,26H2,1-2H3,(H,29,31)(H2,28,30,32)/t17-,20?/m1/s1. The van der Waals surface area contributed by atoms with E-state index >= 15 is 0 Å². The molecule has 6 N–H and O–H groups in total. The van der Waals surface area contributed by atoms with Crippen LogP contribution < -0.4 is 21.9 Å². The Morgan fingerprint density at radius 1 is 1.15 bits per heavy atom. The van der Waals surface area contributed by atoms with Crippen LogP contribution in [0.1, 0.15) is 25.5 Å². The van der Waals surface area contributed by atoms with Crippen LogP contribution in [0.15, 0.2) is 47.3 Å². The number of aromatic nitrogens is 3. The molecule has 0 bridgehead atoms. The van der Waals surface area contributed by atoms with Crippen LogP contribution in [-0.4, -0.2) is 47.3 Å². The quantitative estimate of drug-likeness (QED) is 0.310. The van der Waals surface area contributed by atoms with Gasteiger partial charge in [-0.2, -0.15) is 0 Å². The van der Waals surface area contributed by atoms with Crippen molar-refractivity contribution in [3.05, 3.63) is 58.4 Å². The third-order valence-corrected chi connectivity index (χ3v) is 6.37. The van der Waals surface area contributed by atoms with Gasteiger partial charge in [0.05, 0.1) is 41.5 Å². The van der Waals surface area contributed by atoms with Crippen molar-refractivity contribution in [3.8, 4) is 11.4 Å². The topological polar surface area (TPSA) is 121 Å². The summed E-state index contributed by atoms with van der Waals surface area (Å²) in [4.78, 5) is 24.6. The van der Waals surface area contributed by atoms with Crippen molar-refractivity contribution in [1.82, 2.24) is 20.3 Å². The fourth-order valence-electron chi connectivity index (χ4n) is 4.33. The van der Waals surface area contributed by atoms with Gasteiger partial charge in [-0.3, -0.25) is 4.79 Å². The largest absolute Gasteiger partial charge is 0.382 e. The lowest BCUT2D eigenvalue weighted by Crippen LogP contribution is -2.34. The molecule has 0 aliphatic carbocycles. The molecule has 33 heavy (non-hydrogen) atoms. The lowest BCUT2D eigenvalue weighted by Gasteiger charge is -2.24. The Morgan fingerprint density at radius 3 is 2.76 bits per heavy atom. The fourth-order valence-corrected chi connectivity index (χ4v) is 4.33. The molecule has 0 spiro atoms. The Labute approximate surface area is 191 Å². The van der Waals surface area contributed by atoms with E-state index in [9.17, 15) is 4.79 Å². The van der Waals surface area contributed by atoms with Gasteiger partial charge in [-0.1, -0.05) is 44.2 Å². The average Bonchev–Trinajstić information content (AvgIpc) is 3.26. The van der Waals surface area contributed by atoms with Crippen LogP contribution >= 0.6 is 0 Å². The predicted molar refractivity (Wildman–Crippen MR) is 133 cm³/mol. The molecule has 1 aliphatic rings. The predicted octanol–water partition coefficient (Wildman–Crippen LogP) is 3.13. The second-order valence-corrected chi connectivity index (χ2v) is 8.95. The van der Waals surface area contributed by atoms with Gasteiger partial charge in [-0.05, 0) is 23.6 Å². The number of ether oxygens (including phenoxy) is 1. The monoisotopic (exact) mass is 446 g/mol. The van der Waals surface area contributed by atoms with Crippen LogP contribution in [0, 0.1) is 5.92 Å². The third kappa shape index (κ3) is 4.13. The number of rotatable bonds is 6. The van der Waals surface area contributed by atoms with E-state index in [1.807, 2.05) is 36.4 Å². The molecule has 1 aliphatic heterocycles. The van der Waals surface area contributed by atoms with Crippen molar-refractivity contribution < 1.29 is 4.74 Å². The second kappa shape index (κ2) is 8.97. The molecule has 172 valence electrons. The van der Waals surface area contributed by atoms with Gasteiger partial charge in [-0.25, -0.2) is 4.98 Å². The van der Waals surface area contributed by atoms with Crippen molar-refractivity contribution in [2.45, 2.75) is 25.9 Å². The molecule has 8 nitrogen and oxygen atoms in total. The molecular weight excluding hydrogens is 416 g/mol. The summed E-state index contributed by atoms with van der Waals surface area (Å²) in [6.07, 6.45) is 0. The number of hydrogen-bond acceptors (Lipinski definition) is 6. The SMILES string of the molecule is CC(C)[C@H](N)CNc1c(-c2nc3c(C4COCCN4)cccc3[nH]2)c(=O)[nH]c2ccccc12. The number of hydrogen-bond donors (Lipinski definition) is 5. The first-order valence-electron chi connectivity index (χ1n) is 11.5. The van der Waals surface area contributed by atoms with E-state index in [2.05, 4.69) is 40.5 Å². The van der Waals surface area contributed by atoms with E-state index in [0.29, 0.717) is 37.1 Å². The molecule has 2 aromatic heterocycles. The number of H-pyrrole nitrogens is 2. The van der Waals surface area contributed by atoms with Crippen LogP contribution in [0.5, 0.6) is 0 Å². The summed E-state index contributed by atoms with van der Waals surface area (Å²) in [5.74, 6) is 0.843. The van der Waals surface area contributed by atoms with Gasteiger partial charge < -0.3 is 31.1 Å². The summed E-state index contributed by atoms with van der Waals surface area (Å²) in [6, 6.07) is 13.8. The van der Waals surface area contributed by atoms with Crippen LogP contribution in [0.2, 0.25) is 0 Å². The van der Waals surface area contributed by atoms with Gasteiger partial charge in [0.1, 0.15) is 11.4 Å². The van der Waals surface area contributed by atoms with E-state index in [1.165, 1.54) is 0 Å². The number of nitrogens with one attached hydrogen (secondary N) is 4. The van der Waals surface area contributed by atoms with Gasteiger partial charge in [0.25, 0.3) is 5.56 Å². The maximum atomic E-state index is 13.3. The number of aromatic amines is 2. The van der Waals surface area contributed by atoms with E-state index < -0.39 is 0 Å². The molecule has 1 saturated heterocycles. The number of nitrogens with zero attached hydrogens (tertiary/aromatic N) is 1. The fraction of sp³-hybridized carbons (Fsp3) is 0.360. The summed E-state index contributed by atoms with van der Waals surface area (Å²) in [7, 11) is 0. The minimum absolute atomic E-state index is 0.0458. The van der Waals surface area contributed by atoms with Gasteiger partial charge in [0.15, 0.2) is 0 Å². The lowest BCUT2D eigenvalue weighted by atomic mass is 10.0. The number of pyridine rings is 1. The highest BCUT2D eigenvalue weighted by atomic mass is 16.5. The molecule has 8 heteroatoms. The molecule has 0 saturated carbocycles. The van der Waals surface area contributed by atoms with E-state index in [-0.39, 0.29) is 17.6 Å². The maximum absolute atomic E-state index is 13.3. The Balaban J connectivity index is 1.65. The molecule has 2 aromatic carbocycles. The number of anilines is 1. The van der Waals surface area contributed by atoms with E-state index in [1.54, 1.807) is 0 Å². The van der Waals surface area contributed by atoms with Crippen molar-refractivity contribution in [2.24, 2.45) is 11.7 Å². The second-order valence-electron chi connectivity index (χ2n) is 8.95. The third-order valence-electron chi connectivity index (χ3n) is 6.37. The highest BCUT2D eigenvalue weighted by Gasteiger charge is 2.22. The molecule has 3 heterocycles. The van der Waals surface area contributed by atoms with Gasteiger partial charge in [0.2, 0.25) is 0 Å². The van der Waals surface area contributed by atoms with Crippen molar-refractivity contribution >= 4 is 27.6 Å². The lowest BCUT2D eigenvalue weighted by molar-refractivity contribution is 0.0772. The minimum Gasteiger partial charge on any atom is -0.382 e. The highest BCUT2D eigenvalue weighted by Crippen LogP contribution is 2.32. The maximum Gasteiger partial charge on any atom is 0.261 e. The number of fused-ring (bicyclic) bond motifs is 2. The van der Waals surface area contributed by atoms with Crippen LogP contribution in [-0.2, 0) is 4.74 Å². The molecular formula is C25H30N6O2. The molecule has 2 atom stereocenters. The molecule has 0 radical (unpaired) electrons. The smallest absolute Gasteiger partial charge is 0.261 e. The molecule has 0 amide bonds. The van der Waals surface area contributed by atoms with E-state index in [4.69, 9.17) is 15.5 Å². The first kappa shape index (κ1) is 21.6. The normalized spacial score (nSPS) is 17.6. The van der Waals surface area contributed by atoms with Gasteiger partial charge in [0, 0.05) is 24.5 Å². The van der Waals surface area contributed by atoms with Gasteiger partial charge in [-0.15, -0.1) is 0 Å². The zero-order valence-electron chi connectivity index (χ0n) is 18.9. The molecule has 5 rings (SSSR count). The summed E-state index contributed by atoms with van der Waals surface area (Å²) < 4.78 is 5.66. The number of imidazole rings is 1. The Morgan fingerprint density at radius 2 is 1.97 bits per heavy atom. The first-order chi connectivity index (χ1) is 16.0. The number of morpholine rings is 1. The number of benzene rings is 2. The highest BCUT2D eigenvalue weighted by molar-refractivity contribution is 5.99. The Hall–Kier alpha value is -3.20. The van der Waals surface area contributed by atoms with Crippen molar-refractivity contribution in [2.75, 3.05) is 31.6 Å². The average molecular weight is 447 g/mol. The zero-order chi connectivity index (χ0) is 22.9. The Kier molecular flexibility index (Phi) is 5.88.